The van der Waals surface area contributed by atoms with Crippen LogP contribution in [0.3, 0.4) is 0 Å². The van der Waals surface area contributed by atoms with Gasteiger partial charge in [0.1, 0.15) is 0 Å². The summed E-state index contributed by atoms with van der Waals surface area (Å²) in [5.41, 5.74) is 6.36. The zero-order valence-corrected chi connectivity index (χ0v) is 10.3. The minimum Gasteiger partial charge on any atom is -0.373 e. The molecule has 1 aliphatic carbocycles. The van der Waals surface area contributed by atoms with E-state index in [0.717, 1.165) is 32.2 Å². The van der Waals surface area contributed by atoms with Crippen LogP contribution in [0.1, 0.15) is 33.6 Å². The van der Waals surface area contributed by atoms with Gasteiger partial charge in [0.15, 0.2) is 0 Å². The Balaban J connectivity index is 1.88. The Kier molecular flexibility index (Phi) is 2.82. The van der Waals surface area contributed by atoms with Crippen molar-refractivity contribution in [2.45, 2.75) is 44.8 Å². The molecule has 3 nitrogen and oxygen atoms in total. The van der Waals surface area contributed by atoms with Crippen molar-refractivity contribution in [3.8, 4) is 0 Å². The number of morpholine rings is 1. The summed E-state index contributed by atoms with van der Waals surface area (Å²) in [7, 11) is 0. The van der Waals surface area contributed by atoms with E-state index in [4.69, 9.17) is 10.5 Å². The van der Waals surface area contributed by atoms with E-state index in [0.29, 0.717) is 0 Å². The van der Waals surface area contributed by atoms with Gasteiger partial charge in [-0.1, -0.05) is 0 Å². The van der Waals surface area contributed by atoms with E-state index in [9.17, 15) is 0 Å². The van der Waals surface area contributed by atoms with E-state index in [2.05, 4.69) is 25.7 Å². The van der Waals surface area contributed by atoms with Gasteiger partial charge in [-0.05, 0) is 39.5 Å². The maximum atomic E-state index is 6.36. The zero-order valence-electron chi connectivity index (χ0n) is 10.3. The molecular formula is C12H24N2O. The Morgan fingerprint density at radius 2 is 2.13 bits per heavy atom. The lowest BCUT2D eigenvalue weighted by atomic mass is 9.95. The van der Waals surface area contributed by atoms with Gasteiger partial charge in [-0.15, -0.1) is 0 Å². The van der Waals surface area contributed by atoms with Crippen LogP contribution in [0.5, 0.6) is 0 Å². The summed E-state index contributed by atoms with van der Waals surface area (Å²) in [6.07, 6.45) is 2.64. The first-order valence-electron chi connectivity index (χ1n) is 6.04. The lowest BCUT2D eigenvalue weighted by molar-refractivity contribution is -0.0901. The van der Waals surface area contributed by atoms with Crippen LogP contribution in [-0.4, -0.2) is 42.3 Å². The molecule has 88 valence electrons. The van der Waals surface area contributed by atoms with E-state index in [1.165, 1.54) is 12.8 Å². The Morgan fingerprint density at radius 3 is 2.67 bits per heavy atom. The fourth-order valence-corrected chi connectivity index (χ4v) is 2.60. The van der Waals surface area contributed by atoms with E-state index in [1.807, 2.05) is 0 Å². The molecule has 15 heavy (non-hydrogen) atoms. The Bertz CT molecular complexity index is 234. The topological polar surface area (TPSA) is 38.5 Å². The summed E-state index contributed by atoms with van der Waals surface area (Å²) in [6.45, 7) is 10.4. The zero-order chi connectivity index (χ0) is 11.1. The number of ether oxygens (including phenoxy) is 1. The Labute approximate surface area is 93.0 Å². The molecule has 0 amide bonds. The SMILES string of the molecule is CC1(C)CN(CC(C)(N)C2CC2)CCO1. The van der Waals surface area contributed by atoms with Crippen LogP contribution in [-0.2, 0) is 4.74 Å². The largest absolute Gasteiger partial charge is 0.373 e. The highest BCUT2D eigenvalue weighted by Crippen LogP contribution is 2.38. The van der Waals surface area contributed by atoms with Crippen LogP contribution < -0.4 is 5.73 Å². The Hall–Kier alpha value is -0.120. The maximum Gasteiger partial charge on any atom is 0.0753 e. The molecule has 1 aliphatic heterocycles. The third-order valence-corrected chi connectivity index (χ3v) is 3.58. The highest BCUT2D eigenvalue weighted by molar-refractivity contribution is 4.98. The minimum absolute atomic E-state index is 0.00210. The second kappa shape index (κ2) is 3.72. The molecule has 2 aliphatic rings. The van der Waals surface area contributed by atoms with Crippen molar-refractivity contribution in [1.29, 1.82) is 0 Å². The fraction of sp³-hybridized carbons (Fsp3) is 1.00. The minimum atomic E-state index is -0.00210. The monoisotopic (exact) mass is 212 g/mol. The van der Waals surface area contributed by atoms with Gasteiger partial charge < -0.3 is 10.5 Å². The van der Waals surface area contributed by atoms with Crippen LogP contribution in [0.25, 0.3) is 0 Å². The van der Waals surface area contributed by atoms with Crippen molar-refractivity contribution < 1.29 is 4.74 Å². The normalized spacial score (nSPS) is 31.2. The highest BCUT2D eigenvalue weighted by Gasteiger charge is 2.40. The third kappa shape index (κ3) is 2.92. The smallest absolute Gasteiger partial charge is 0.0753 e. The van der Waals surface area contributed by atoms with Crippen LogP contribution in [0, 0.1) is 5.92 Å². The molecule has 3 heteroatoms. The predicted octanol–water partition coefficient (Wildman–Crippen LogP) is 1.22. The second-order valence-corrected chi connectivity index (χ2v) is 6.10. The summed E-state index contributed by atoms with van der Waals surface area (Å²) in [4.78, 5) is 2.46. The van der Waals surface area contributed by atoms with Crippen LogP contribution >= 0.6 is 0 Å². The van der Waals surface area contributed by atoms with Gasteiger partial charge in [-0.25, -0.2) is 0 Å². The van der Waals surface area contributed by atoms with Crippen LogP contribution in [0.15, 0.2) is 0 Å². The molecule has 0 bridgehead atoms. The molecule has 1 unspecified atom stereocenters. The van der Waals surface area contributed by atoms with Crippen molar-refractivity contribution in [2.75, 3.05) is 26.2 Å². The number of hydrogen-bond acceptors (Lipinski definition) is 3. The van der Waals surface area contributed by atoms with Crippen molar-refractivity contribution >= 4 is 0 Å². The predicted molar refractivity (Wildman–Crippen MR) is 61.8 cm³/mol. The first-order valence-corrected chi connectivity index (χ1v) is 6.04. The van der Waals surface area contributed by atoms with E-state index < -0.39 is 0 Å². The Morgan fingerprint density at radius 1 is 1.47 bits per heavy atom. The van der Waals surface area contributed by atoms with Gasteiger partial charge in [0.25, 0.3) is 0 Å². The quantitative estimate of drug-likeness (QED) is 0.764. The molecule has 2 N–H and O–H groups in total. The van der Waals surface area contributed by atoms with E-state index >= 15 is 0 Å². The van der Waals surface area contributed by atoms with Crippen LogP contribution in [0.2, 0.25) is 0 Å². The third-order valence-electron chi connectivity index (χ3n) is 3.58. The van der Waals surface area contributed by atoms with Gasteiger partial charge in [0.2, 0.25) is 0 Å². The van der Waals surface area contributed by atoms with Gasteiger partial charge in [-0.3, -0.25) is 4.90 Å². The molecule has 2 rings (SSSR count). The molecule has 0 aromatic carbocycles. The molecule has 1 atom stereocenters. The van der Waals surface area contributed by atoms with Crippen molar-refractivity contribution in [3.63, 3.8) is 0 Å². The highest BCUT2D eigenvalue weighted by atomic mass is 16.5. The number of rotatable bonds is 3. The standard InChI is InChI=1S/C12H24N2O/c1-11(2)8-14(6-7-15-11)9-12(3,13)10-4-5-10/h10H,4-9,13H2,1-3H3. The van der Waals surface area contributed by atoms with Crippen molar-refractivity contribution in [1.82, 2.24) is 4.90 Å². The van der Waals surface area contributed by atoms with E-state index in [1.54, 1.807) is 0 Å². The average Bonchev–Trinajstić information content (AvgIpc) is 2.81. The molecular weight excluding hydrogens is 188 g/mol. The number of hydrogen-bond donors (Lipinski definition) is 1. The molecule has 1 saturated heterocycles. The van der Waals surface area contributed by atoms with Gasteiger partial charge in [0, 0.05) is 25.2 Å². The molecule has 1 heterocycles. The first kappa shape index (κ1) is 11.4. The van der Waals surface area contributed by atoms with Gasteiger partial charge >= 0.3 is 0 Å². The summed E-state index contributed by atoms with van der Waals surface area (Å²) in [5, 5.41) is 0. The number of nitrogens with zero attached hydrogens (tertiary/aromatic N) is 1. The van der Waals surface area contributed by atoms with Crippen molar-refractivity contribution in [2.24, 2.45) is 11.7 Å². The molecule has 1 saturated carbocycles. The van der Waals surface area contributed by atoms with Gasteiger partial charge in [0.05, 0.1) is 12.2 Å². The summed E-state index contributed by atoms with van der Waals surface area (Å²) < 4.78 is 5.70. The summed E-state index contributed by atoms with van der Waals surface area (Å²) >= 11 is 0. The second-order valence-electron chi connectivity index (χ2n) is 6.10. The van der Waals surface area contributed by atoms with Crippen LogP contribution in [0.4, 0.5) is 0 Å². The average molecular weight is 212 g/mol. The number of nitrogens with two attached hydrogens (primary N) is 1. The van der Waals surface area contributed by atoms with E-state index in [-0.39, 0.29) is 11.1 Å². The molecule has 0 radical (unpaired) electrons. The lowest BCUT2D eigenvalue weighted by Crippen LogP contribution is -2.56. The lowest BCUT2D eigenvalue weighted by Gasteiger charge is -2.41. The molecule has 0 aromatic heterocycles. The summed E-state index contributed by atoms with van der Waals surface area (Å²) in [5.74, 6) is 0.753. The van der Waals surface area contributed by atoms with Crippen molar-refractivity contribution in [3.05, 3.63) is 0 Å². The summed E-state index contributed by atoms with van der Waals surface area (Å²) in [6, 6.07) is 0. The molecule has 0 aromatic rings. The fourth-order valence-electron chi connectivity index (χ4n) is 2.60. The molecule has 0 spiro atoms. The van der Waals surface area contributed by atoms with Gasteiger partial charge in [-0.2, -0.15) is 0 Å². The maximum absolute atomic E-state index is 6.36. The molecule has 2 fully saturated rings. The first-order chi connectivity index (χ1) is 6.89.